The van der Waals surface area contributed by atoms with Crippen LogP contribution in [0.1, 0.15) is 31.5 Å². The summed E-state index contributed by atoms with van der Waals surface area (Å²) in [6, 6.07) is 0.511. The van der Waals surface area contributed by atoms with E-state index in [0.29, 0.717) is 6.04 Å². The number of aliphatic hydroxyl groups excluding tert-OH is 1. The van der Waals surface area contributed by atoms with E-state index in [1.165, 1.54) is 0 Å². The third kappa shape index (κ3) is 3.00. The second kappa shape index (κ2) is 4.72. The van der Waals surface area contributed by atoms with Gasteiger partial charge in [-0.2, -0.15) is 5.10 Å². The zero-order chi connectivity index (χ0) is 10.7. The van der Waals surface area contributed by atoms with Crippen LogP contribution in [0.15, 0.2) is 6.33 Å². The average Bonchev–Trinajstić information content (AvgIpc) is 2.64. The van der Waals surface area contributed by atoms with E-state index < -0.39 is 0 Å². The number of hydrogen-bond donors (Lipinski definition) is 2. The summed E-state index contributed by atoms with van der Waals surface area (Å²) in [4.78, 5) is 4.16. The number of aryl methyl sites for hydroxylation is 1. The number of aromatic nitrogens is 3. The van der Waals surface area contributed by atoms with E-state index in [-0.39, 0.29) is 6.10 Å². The van der Waals surface area contributed by atoms with Crippen LogP contribution in [0, 0.1) is 0 Å². The Kier molecular flexibility index (Phi) is 3.33. The molecule has 84 valence electrons. The first kappa shape index (κ1) is 10.6. The van der Waals surface area contributed by atoms with Crippen molar-refractivity contribution in [2.24, 2.45) is 7.05 Å². The lowest BCUT2D eigenvalue weighted by Gasteiger charge is -2.25. The summed E-state index contributed by atoms with van der Waals surface area (Å²) in [6.45, 7) is 0.724. The second-order valence-electron chi connectivity index (χ2n) is 4.22. The molecule has 1 fully saturated rings. The van der Waals surface area contributed by atoms with Crippen molar-refractivity contribution in [3.63, 3.8) is 0 Å². The lowest BCUT2D eigenvalue weighted by atomic mass is 9.93. The molecule has 1 aliphatic rings. The van der Waals surface area contributed by atoms with Gasteiger partial charge in [0, 0.05) is 13.1 Å². The second-order valence-corrected chi connectivity index (χ2v) is 4.22. The molecule has 1 aromatic heterocycles. The van der Waals surface area contributed by atoms with Crippen molar-refractivity contribution in [1.29, 1.82) is 0 Å². The number of nitrogens with zero attached hydrogens (tertiary/aromatic N) is 3. The van der Waals surface area contributed by atoms with Crippen molar-refractivity contribution in [3.8, 4) is 0 Å². The van der Waals surface area contributed by atoms with Crippen molar-refractivity contribution in [1.82, 2.24) is 20.1 Å². The first-order chi connectivity index (χ1) is 7.24. The molecule has 0 saturated heterocycles. The third-order valence-corrected chi connectivity index (χ3v) is 2.89. The maximum absolute atomic E-state index is 9.36. The van der Waals surface area contributed by atoms with Crippen LogP contribution >= 0.6 is 0 Å². The first-order valence-corrected chi connectivity index (χ1v) is 5.50. The van der Waals surface area contributed by atoms with Crippen LogP contribution in [0.3, 0.4) is 0 Å². The van der Waals surface area contributed by atoms with Crippen molar-refractivity contribution in [2.75, 3.05) is 0 Å². The molecule has 0 bridgehead atoms. The van der Waals surface area contributed by atoms with Crippen LogP contribution in [0.5, 0.6) is 0 Å². The predicted octanol–water partition coefficient (Wildman–Crippen LogP) is 0.208. The minimum absolute atomic E-state index is 0.0870. The fourth-order valence-electron chi connectivity index (χ4n) is 1.98. The number of hydrogen-bond acceptors (Lipinski definition) is 4. The Labute approximate surface area is 89.5 Å². The van der Waals surface area contributed by atoms with Crippen molar-refractivity contribution >= 4 is 0 Å². The van der Waals surface area contributed by atoms with Gasteiger partial charge in [-0.15, -0.1) is 0 Å². The lowest BCUT2D eigenvalue weighted by molar-refractivity contribution is 0.116. The summed E-state index contributed by atoms with van der Waals surface area (Å²) in [7, 11) is 1.87. The smallest absolute Gasteiger partial charge is 0.164 e. The van der Waals surface area contributed by atoms with Crippen LogP contribution in [-0.2, 0) is 13.6 Å². The van der Waals surface area contributed by atoms with E-state index in [1.54, 1.807) is 11.0 Å². The normalized spacial score (nSPS) is 26.8. The molecule has 2 rings (SSSR count). The van der Waals surface area contributed by atoms with E-state index in [0.717, 1.165) is 38.1 Å². The number of aliphatic hydroxyl groups is 1. The molecule has 0 amide bonds. The van der Waals surface area contributed by atoms with Crippen LogP contribution in [-0.4, -0.2) is 32.0 Å². The molecule has 15 heavy (non-hydrogen) atoms. The van der Waals surface area contributed by atoms with Gasteiger partial charge >= 0.3 is 0 Å². The lowest BCUT2D eigenvalue weighted by Crippen LogP contribution is -2.34. The van der Waals surface area contributed by atoms with Gasteiger partial charge in [-0.05, 0) is 25.7 Å². The monoisotopic (exact) mass is 210 g/mol. The third-order valence-electron chi connectivity index (χ3n) is 2.89. The van der Waals surface area contributed by atoms with Gasteiger partial charge in [0.05, 0.1) is 12.6 Å². The van der Waals surface area contributed by atoms with Gasteiger partial charge in [0.2, 0.25) is 0 Å². The Bertz CT molecular complexity index is 304. The highest BCUT2D eigenvalue weighted by atomic mass is 16.3. The summed E-state index contributed by atoms with van der Waals surface area (Å²) >= 11 is 0. The molecule has 0 unspecified atom stereocenters. The highest BCUT2D eigenvalue weighted by molar-refractivity contribution is 4.83. The largest absolute Gasteiger partial charge is 0.393 e. The van der Waals surface area contributed by atoms with Gasteiger partial charge in [-0.3, -0.25) is 4.68 Å². The highest BCUT2D eigenvalue weighted by Crippen LogP contribution is 2.18. The summed E-state index contributed by atoms with van der Waals surface area (Å²) in [5.74, 6) is 0.837. The van der Waals surface area contributed by atoms with Crippen LogP contribution in [0.25, 0.3) is 0 Å². The fraction of sp³-hybridized carbons (Fsp3) is 0.800. The molecule has 0 aromatic carbocycles. The van der Waals surface area contributed by atoms with Crippen LogP contribution < -0.4 is 5.32 Å². The van der Waals surface area contributed by atoms with Gasteiger partial charge in [0.25, 0.3) is 0 Å². The molecule has 0 aliphatic heterocycles. The van der Waals surface area contributed by atoms with E-state index in [2.05, 4.69) is 15.4 Å². The van der Waals surface area contributed by atoms with Crippen molar-refractivity contribution < 1.29 is 5.11 Å². The SMILES string of the molecule is Cn1cnc(CNC2CCC(O)CC2)n1. The fourth-order valence-corrected chi connectivity index (χ4v) is 1.98. The molecule has 0 radical (unpaired) electrons. The topological polar surface area (TPSA) is 63.0 Å². The number of nitrogens with one attached hydrogen (secondary N) is 1. The highest BCUT2D eigenvalue weighted by Gasteiger charge is 2.18. The van der Waals surface area contributed by atoms with E-state index in [1.807, 2.05) is 7.05 Å². The Balaban J connectivity index is 1.74. The zero-order valence-electron chi connectivity index (χ0n) is 9.06. The Hall–Kier alpha value is -0.940. The minimum Gasteiger partial charge on any atom is -0.393 e. The maximum Gasteiger partial charge on any atom is 0.164 e. The quantitative estimate of drug-likeness (QED) is 0.748. The maximum atomic E-state index is 9.36. The molecule has 5 nitrogen and oxygen atoms in total. The molecule has 1 aromatic rings. The zero-order valence-corrected chi connectivity index (χ0v) is 9.06. The number of rotatable bonds is 3. The van der Waals surface area contributed by atoms with Crippen molar-refractivity contribution in [2.45, 2.75) is 44.4 Å². The molecule has 2 N–H and O–H groups in total. The summed E-state index contributed by atoms with van der Waals surface area (Å²) in [6.07, 6.45) is 5.54. The Morgan fingerprint density at radius 2 is 2.20 bits per heavy atom. The van der Waals surface area contributed by atoms with Crippen LogP contribution in [0.2, 0.25) is 0 Å². The minimum atomic E-state index is -0.0870. The molecular weight excluding hydrogens is 192 g/mol. The Morgan fingerprint density at radius 3 is 2.80 bits per heavy atom. The summed E-state index contributed by atoms with van der Waals surface area (Å²) < 4.78 is 1.71. The van der Waals surface area contributed by atoms with Crippen LogP contribution in [0.4, 0.5) is 0 Å². The van der Waals surface area contributed by atoms with E-state index in [9.17, 15) is 5.11 Å². The van der Waals surface area contributed by atoms with Gasteiger partial charge < -0.3 is 10.4 Å². The van der Waals surface area contributed by atoms with Crippen molar-refractivity contribution in [3.05, 3.63) is 12.2 Å². The standard InChI is InChI=1S/C10H18N4O/c1-14-7-12-10(13-14)6-11-8-2-4-9(15)5-3-8/h7-9,11,15H,2-6H2,1H3. The van der Waals surface area contributed by atoms with Gasteiger partial charge in [-0.25, -0.2) is 4.98 Å². The summed E-state index contributed by atoms with van der Waals surface area (Å²) in [5, 5.41) is 17.0. The molecule has 5 heteroatoms. The predicted molar refractivity (Wildman–Crippen MR) is 56.1 cm³/mol. The Morgan fingerprint density at radius 1 is 1.47 bits per heavy atom. The van der Waals surface area contributed by atoms with E-state index in [4.69, 9.17) is 0 Å². The van der Waals surface area contributed by atoms with E-state index >= 15 is 0 Å². The molecule has 0 atom stereocenters. The molecule has 0 spiro atoms. The summed E-state index contributed by atoms with van der Waals surface area (Å²) in [5.41, 5.74) is 0. The first-order valence-electron chi connectivity index (χ1n) is 5.50. The molecule has 1 saturated carbocycles. The average molecular weight is 210 g/mol. The molecule has 1 aliphatic carbocycles. The molecular formula is C10H18N4O. The van der Waals surface area contributed by atoms with Gasteiger partial charge in [0.15, 0.2) is 5.82 Å². The molecule has 1 heterocycles. The van der Waals surface area contributed by atoms with Gasteiger partial charge in [0.1, 0.15) is 6.33 Å². The van der Waals surface area contributed by atoms with Gasteiger partial charge in [-0.1, -0.05) is 0 Å².